The molecule has 6 nitrogen and oxygen atoms in total. The van der Waals surface area contributed by atoms with Crippen LogP contribution in [-0.4, -0.2) is 35.3 Å². The highest BCUT2D eigenvalue weighted by atomic mass is 16.2. The number of carbonyl (C=O) groups is 3. The number of hydrogen-bond acceptors (Lipinski definition) is 3. The molecule has 2 N–H and O–H groups in total. The second-order valence-electron chi connectivity index (χ2n) is 5.89. The minimum atomic E-state index is -1.13. The van der Waals surface area contributed by atoms with Crippen molar-refractivity contribution in [1.29, 1.82) is 0 Å². The average molecular weight is 317 g/mol. The first kappa shape index (κ1) is 17.0. The van der Waals surface area contributed by atoms with Gasteiger partial charge in [-0.2, -0.15) is 0 Å². The summed E-state index contributed by atoms with van der Waals surface area (Å²) in [6.45, 7) is 5.36. The van der Waals surface area contributed by atoms with E-state index in [1.807, 2.05) is 32.0 Å². The SMILES string of the molecule is CCC(CC)NC(=O)CN1C(=O)N[C@](C)(c2ccccc2)C1=O. The first-order chi connectivity index (χ1) is 10.9. The first-order valence-electron chi connectivity index (χ1n) is 7.91. The van der Waals surface area contributed by atoms with Crippen molar-refractivity contribution in [2.24, 2.45) is 0 Å². The molecule has 1 aromatic carbocycles. The molecule has 124 valence electrons. The summed E-state index contributed by atoms with van der Waals surface area (Å²) in [7, 11) is 0. The number of nitrogens with zero attached hydrogens (tertiary/aromatic N) is 1. The maximum Gasteiger partial charge on any atom is 0.325 e. The van der Waals surface area contributed by atoms with Crippen LogP contribution in [0.4, 0.5) is 4.79 Å². The fourth-order valence-corrected chi connectivity index (χ4v) is 2.72. The average Bonchev–Trinajstić information content (AvgIpc) is 2.77. The van der Waals surface area contributed by atoms with Gasteiger partial charge in [0.15, 0.2) is 0 Å². The second kappa shape index (κ2) is 6.81. The molecule has 2 rings (SSSR count). The molecule has 23 heavy (non-hydrogen) atoms. The molecule has 1 aromatic rings. The van der Waals surface area contributed by atoms with Gasteiger partial charge in [0.05, 0.1) is 0 Å². The summed E-state index contributed by atoms with van der Waals surface area (Å²) in [6.07, 6.45) is 1.62. The molecule has 1 fully saturated rings. The van der Waals surface area contributed by atoms with E-state index >= 15 is 0 Å². The molecule has 0 radical (unpaired) electrons. The molecule has 1 heterocycles. The molecule has 1 aliphatic heterocycles. The predicted octanol–water partition coefficient (Wildman–Crippen LogP) is 1.76. The zero-order valence-electron chi connectivity index (χ0n) is 13.8. The maximum atomic E-state index is 12.7. The largest absolute Gasteiger partial charge is 0.352 e. The van der Waals surface area contributed by atoms with Gasteiger partial charge in [0.25, 0.3) is 5.91 Å². The molecule has 1 aliphatic rings. The van der Waals surface area contributed by atoms with Crippen LogP contribution in [0.15, 0.2) is 30.3 Å². The molecular formula is C17H23N3O3. The molecule has 0 saturated carbocycles. The summed E-state index contributed by atoms with van der Waals surface area (Å²) < 4.78 is 0. The maximum absolute atomic E-state index is 12.7. The minimum Gasteiger partial charge on any atom is -0.352 e. The van der Waals surface area contributed by atoms with E-state index in [1.165, 1.54) is 0 Å². The van der Waals surface area contributed by atoms with E-state index in [4.69, 9.17) is 0 Å². The van der Waals surface area contributed by atoms with E-state index in [-0.39, 0.29) is 18.5 Å². The molecule has 1 saturated heterocycles. The number of hydrogen-bond donors (Lipinski definition) is 2. The van der Waals surface area contributed by atoms with E-state index in [9.17, 15) is 14.4 Å². The third-order valence-corrected chi connectivity index (χ3v) is 4.28. The Hall–Kier alpha value is -2.37. The first-order valence-corrected chi connectivity index (χ1v) is 7.91. The number of benzene rings is 1. The summed E-state index contributed by atoms with van der Waals surface area (Å²) in [5.74, 6) is -0.729. The fourth-order valence-electron chi connectivity index (χ4n) is 2.72. The lowest BCUT2D eigenvalue weighted by Crippen LogP contribution is -2.45. The van der Waals surface area contributed by atoms with Gasteiger partial charge in [-0.25, -0.2) is 4.79 Å². The zero-order valence-corrected chi connectivity index (χ0v) is 13.8. The van der Waals surface area contributed by atoms with Gasteiger partial charge in [-0.3, -0.25) is 14.5 Å². The van der Waals surface area contributed by atoms with Crippen LogP contribution in [0, 0.1) is 0 Å². The Labute approximate surface area is 136 Å². The van der Waals surface area contributed by atoms with Crippen LogP contribution in [-0.2, 0) is 15.1 Å². The van der Waals surface area contributed by atoms with Crippen LogP contribution >= 0.6 is 0 Å². The Bertz CT molecular complexity index is 598. The molecule has 0 aliphatic carbocycles. The van der Waals surface area contributed by atoms with Crippen molar-refractivity contribution < 1.29 is 14.4 Å². The van der Waals surface area contributed by atoms with Crippen molar-refractivity contribution in [3.63, 3.8) is 0 Å². The topological polar surface area (TPSA) is 78.5 Å². The summed E-state index contributed by atoms with van der Waals surface area (Å²) in [5, 5.41) is 5.53. The van der Waals surface area contributed by atoms with E-state index in [0.717, 1.165) is 17.7 Å². The minimum absolute atomic E-state index is 0.0590. The van der Waals surface area contributed by atoms with Crippen LogP contribution in [0.2, 0.25) is 0 Å². The number of amides is 4. The van der Waals surface area contributed by atoms with Gasteiger partial charge in [0.1, 0.15) is 12.1 Å². The van der Waals surface area contributed by atoms with Gasteiger partial charge < -0.3 is 10.6 Å². The van der Waals surface area contributed by atoms with E-state index in [0.29, 0.717) is 5.56 Å². The Morgan fingerprint density at radius 2 is 1.83 bits per heavy atom. The van der Waals surface area contributed by atoms with Crippen molar-refractivity contribution >= 4 is 17.8 Å². The summed E-state index contributed by atoms with van der Waals surface area (Å²) in [4.78, 5) is 37.9. The van der Waals surface area contributed by atoms with E-state index in [2.05, 4.69) is 10.6 Å². The molecule has 1 atom stereocenters. The Morgan fingerprint density at radius 1 is 1.22 bits per heavy atom. The van der Waals surface area contributed by atoms with Crippen LogP contribution in [0.3, 0.4) is 0 Å². The van der Waals surface area contributed by atoms with Crippen molar-refractivity contribution in [2.45, 2.75) is 45.2 Å². The van der Waals surface area contributed by atoms with E-state index < -0.39 is 17.5 Å². The quantitative estimate of drug-likeness (QED) is 0.785. The molecule has 0 spiro atoms. The fraction of sp³-hybridized carbons (Fsp3) is 0.471. The highest BCUT2D eigenvalue weighted by Gasteiger charge is 2.49. The number of carbonyl (C=O) groups excluding carboxylic acids is 3. The summed E-state index contributed by atoms with van der Waals surface area (Å²) in [5.41, 5.74) is -0.436. The van der Waals surface area contributed by atoms with E-state index in [1.54, 1.807) is 19.1 Å². The van der Waals surface area contributed by atoms with Gasteiger partial charge in [0, 0.05) is 6.04 Å². The Kier molecular flexibility index (Phi) is 5.03. The van der Waals surface area contributed by atoms with Crippen LogP contribution in [0.25, 0.3) is 0 Å². The lowest BCUT2D eigenvalue weighted by molar-refractivity contribution is -0.135. The monoisotopic (exact) mass is 317 g/mol. The molecular weight excluding hydrogens is 294 g/mol. The van der Waals surface area contributed by atoms with Crippen LogP contribution in [0.1, 0.15) is 39.2 Å². The molecule has 0 bridgehead atoms. The standard InChI is InChI=1S/C17H23N3O3/c1-4-13(5-2)18-14(21)11-20-15(22)17(3,19-16(20)23)12-9-7-6-8-10-12/h6-10,13H,4-5,11H2,1-3H3,(H,18,21)(H,19,23)/t17-/m1/s1. The highest BCUT2D eigenvalue weighted by molar-refractivity contribution is 6.09. The normalized spacial score (nSPS) is 20.8. The summed E-state index contributed by atoms with van der Waals surface area (Å²) >= 11 is 0. The Morgan fingerprint density at radius 3 is 2.39 bits per heavy atom. The lowest BCUT2D eigenvalue weighted by Gasteiger charge is -2.22. The number of rotatable bonds is 6. The third kappa shape index (κ3) is 3.36. The van der Waals surface area contributed by atoms with Crippen molar-refractivity contribution in [3.8, 4) is 0 Å². The van der Waals surface area contributed by atoms with Crippen LogP contribution in [0.5, 0.6) is 0 Å². The molecule has 4 amide bonds. The zero-order chi connectivity index (χ0) is 17.0. The molecule has 0 aromatic heterocycles. The number of nitrogens with one attached hydrogen (secondary N) is 2. The van der Waals surface area contributed by atoms with Gasteiger partial charge in [-0.1, -0.05) is 44.2 Å². The number of urea groups is 1. The van der Waals surface area contributed by atoms with Gasteiger partial charge in [-0.15, -0.1) is 0 Å². The second-order valence-corrected chi connectivity index (χ2v) is 5.89. The van der Waals surface area contributed by atoms with Crippen molar-refractivity contribution in [1.82, 2.24) is 15.5 Å². The third-order valence-electron chi connectivity index (χ3n) is 4.28. The summed E-state index contributed by atoms with van der Waals surface area (Å²) in [6, 6.07) is 8.54. The number of imide groups is 1. The van der Waals surface area contributed by atoms with Crippen molar-refractivity contribution in [3.05, 3.63) is 35.9 Å². The highest BCUT2D eigenvalue weighted by Crippen LogP contribution is 2.28. The van der Waals surface area contributed by atoms with Gasteiger partial charge in [0.2, 0.25) is 5.91 Å². The van der Waals surface area contributed by atoms with Crippen LogP contribution < -0.4 is 10.6 Å². The van der Waals surface area contributed by atoms with Gasteiger partial charge >= 0.3 is 6.03 Å². The van der Waals surface area contributed by atoms with Gasteiger partial charge in [-0.05, 0) is 25.3 Å². The van der Waals surface area contributed by atoms with Crippen molar-refractivity contribution in [2.75, 3.05) is 6.54 Å². The lowest BCUT2D eigenvalue weighted by atomic mass is 9.92. The Balaban J connectivity index is 2.12. The smallest absolute Gasteiger partial charge is 0.325 e. The molecule has 6 heteroatoms. The molecule has 0 unspecified atom stereocenters. The predicted molar refractivity (Wildman–Crippen MR) is 86.6 cm³/mol.